The van der Waals surface area contributed by atoms with Gasteiger partial charge in [0.1, 0.15) is 0 Å². The zero-order valence-electron chi connectivity index (χ0n) is 13.9. The van der Waals surface area contributed by atoms with Crippen molar-refractivity contribution in [2.45, 2.75) is 39.3 Å². The van der Waals surface area contributed by atoms with Gasteiger partial charge in [0.15, 0.2) is 5.78 Å². The fourth-order valence-corrected chi connectivity index (χ4v) is 4.66. The first-order valence-corrected chi connectivity index (χ1v) is 10.1. The van der Waals surface area contributed by atoms with Crippen LogP contribution in [0.5, 0.6) is 0 Å². The van der Waals surface area contributed by atoms with Gasteiger partial charge in [-0.15, -0.1) is 0 Å². The molecule has 0 unspecified atom stereocenters. The van der Waals surface area contributed by atoms with Gasteiger partial charge in [0.25, 0.3) is 0 Å². The van der Waals surface area contributed by atoms with E-state index in [1.807, 2.05) is 0 Å². The van der Waals surface area contributed by atoms with Crippen molar-refractivity contribution in [3.05, 3.63) is 44.9 Å². The molecule has 0 heterocycles. The first-order valence-electron chi connectivity index (χ1n) is 7.69. The molecular formula is C17H18BrF2O4P. The number of rotatable bonds is 5. The van der Waals surface area contributed by atoms with E-state index < -0.39 is 18.8 Å². The molecule has 0 radical (unpaired) electrons. The summed E-state index contributed by atoms with van der Waals surface area (Å²) >= 11 is 3.14. The molecule has 0 aliphatic rings. The van der Waals surface area contributed by atoms with Gasteiger partial charge in [0.05, 0.1) is 5.56 Å². The van der Waals surface area contributed by atoms with E-state index in [1.54, 1.807) is 26.0 Å². The zero-order valence-corrected chi connectivity index (χ0v) is 16.4. The van der Waals surface area contributed by atoms with Crippen molar-refractivity contribution in [2.75, 3.05) is 0 Å². The van der Waals surface area contributed by atoms with Crippen molar-refractivity contribution in [2.24, 2.45) is 0 Å². The lowest BCUT2D eigenvalue weighted by atomic mass is 9.90. The van der Waals surface area contributed by atoms with Gasteiger partial charge in [0, 0.05) is 10.0 Å². The average Bonchev–Trinajstić information content (AvgIpc) is 2.51. The summed E-state index contributed by atoms with van der Waals surface area (Å²) in [5, 5.41) is 1.10. The number of Topliss-reactive ketones (excluding diaryl/α,β-unsaturated/α-hetero) is 1. The summed E-state index contributed by atoms with van der Waals surface area (Å²) < 4.78 is 40.7. The molecule has 2 rings (SSSR count). The quantitative estimate of drug-likeness (QED) is 0.503. The van der Waals surface area contributed by atoms with Gasteiger partial charge in [-0.3, -0.25) is 9.36 Å². The summed E-state index contributed by atoms with van der Waals surface area (Å²) in [7, 11) is -5.73. The number of aryl methyl sites for hydroxylation is 2. The summed E-state index contributed by atoms with van der Waals surface area (Å²) in [6.07, 6.45) is 0.510. The molecule has 0 aliphatic carbocycles. The molecule has 2 aromatic carbocycles. The van der Waals surface area contributed by atoms with Gasteiger partial charge in [-0.2, -0.15) is 8.78 Å². The van der Waals surface area contributed by atoms with E-state index in [1.165, 1.54) is 13.0 Å². The minimum absolute atomic E-state index is 0.00301. The van der Waals surface area contributed by atoms with Crippen LogP contribution in [0, 0.1) is 0 Å². The second kappa shape index (κ2) is 6.88. The summed E-state index contributed by atoms with van der Waals surface area (Å²) in [5.41, 5.74) is -4.03. The molecule has 8 heteroatoms. The Bertz CT molecular complexity index is 905. The van der Waals surface area contributed by atoms with E-state index >= 15 is 0 Å². The van der Waals surface area contributed by atoms with E-state index in [0.29, 0.717) is 28.3 Å². The van der Waals surface area contributed by atoms with Crippen molar-refractivity contribution < 1.29 is 27.9 Å². The summed E-state index contributed by atoms with van der Waals surface area (Å²) in [4.78, 5) is 30.1. The van der Waals surface area contributed by atoms with Crippen LogP contribution in [0.2, 0.25) is 0 Å². The lowest BCUT2D eigenvalue weighted by Gasteiger charge is -2.25. The van der Waals surface area contributed by atoms with Gasteiger partial charge >= 0.3 is 13.3 Å². The third-order valence-electron chi connectivity index (χ3n) is 4.24. The van der Waals surface area contributed by atoms with Crippen molar-refractivity contribution in [3.63, 3.8) is 0 Å². The third-order valence-corrected chi connectivity index (χ3v) is 6.07. The Kier molecular flexibility index (Phi) is 5.55. The van der Waals surface area contributed by atoms with Crippen LogP contribution in [0.15, 0.2) is 22.7 Å². The molecule has 136 valence electrons. The molecule has 4 nitrogen and oxygen atoms in total. The van der Waals surface area contributed by atoms with Crippen LogP contribution in [0.1, 0.15) is 47.8 Å². The molecule has 0 aromatic heterocycles. The van der Waals surface area contributed by atoms with Crippen molar-refractivity contribution in [3.8, 4) is 0 Å². The molecule has 0 bridgehead atoms. The number of alkyl halides is 2. The smallest absolute Gasteiger partial charge is 0.320 e. The van der Waals surface area contributed by atoms with Gasteiger partial charge in [0.2, 0.25) is 0 Å². The fraction of sp³-hybridized carbons (Fsp3) is 0.353. The summed E-state index contributed by atoms with van der Waals surface area (Å²) in [6.45, 7) is 4.77. The van der Waals surface area contributed by atoms with Crippen LogP contribution in [-0.4, -0.2) is 15.6 Å². The first kappa shape index (κ1) is 20.2. The Morgan fingerprint density at radius 1 is 1.16 bits per heavy atom. The second-order valence-electron chi connectivity index (χ2n) is 5.76. The Morgan fingerprint density at radius 2 is 1.72 bits per heavy atom. The van der Waals surface area contributed by atoms with Crippen LogP contribution in [0.25, 0.3) is 10.8 Å². The van der Waals surface area contributed by atoms with Crippen LogP contribution in [0.3, 0.4) is 0 Å². The molecule has 2 N–H and O–H groups in total. The van der Waals surface area contributed by atoms with E-state index in [9.17, 15) is 27.9 Å². The standard InChI is InChI=1S/C17H18BrF2O4P/c1-4-11-14-8-10(9(3)21)6-7-13(14)12(5-2)16(18)15(11)17(19,20)25(22,23)24/h6-8H,4-5H2,1-3H3,(H2,22,23,24). The Balaban J connectivity index is 3.07. The maximum Gasteiger partial charge on any atom is 0.399 e. The number of hydrogen-bond donors (Lipinski definition) is 2. The van der Waals surface area contributed by atoms with Gasteiger partial charge in [-0.1, -0.05) is 26.0 Å². The van der Waals surface area contributed by atoms with Gasteiger partial charge in [-0.05, 0) is 63.7 Å². The molecule has 0 amide bonds. The summed E-state index contributed by atoms with van der Waals surface area (Å²) in [5.74, 6) is -0.215. The maximum atomic E-state index is 14.6. The highest BCUT2D eigenvalue weighted by Gasteiger charge is 2.53. The first-order chi connectivity index (χ1) is 11.5. The van der Waals surface area contributed by atoms with Crippen LogP contribution in [-0.2, 0) is 23.1 Å². The predicted molar refractivity (Wildman–Crippen MR) is 96.3 cm³/mol. The van der Waals surface area contributed by atoms with Crippen LogP contribution in [0.4, 0.5) is 8.78 Å². The molecule has 25 heavy (non-hydrogen) atoms. The predicted octanol–water partition coefficient (Wildman–Crippen LogP) is 5.16. The highest BCUT2D eigenvalue weighted by molar-refractivity contribution is 9.10. The van der Waals surface area contributed by atoms with Crippen LogP contribution >= 0.6 is 23.5 Å². The number of carbonyl (C=O) groups excluding carboxylic acids is 1. The lowest BCUT2D eigenvalue weighted by Crippen LogP contribution is -2.18. The van der Waals surface area contributed by atoms with E-state index in [-0.39, 0.29) is 22.2 Å². The Labute approximate surface area is 152 Å². The highest BCUT2D eigenvalue weighted by Crippen LogP contribution is 2.62. The monoisotopic (exact) mass is 434 g/mol. The van der Waals surface area contributed by atoms with Crippen LogP contribution < -0.4 is 0 Å². The van der Waals surface area contributed by atoms with E-state index in [0.717, 1.165) is 0 Å². The highest BCUT2D eigenvalue weighted by atomic mass is 79.9. The number of halogens is 3. The average molecular weight is 435 g/mol. The van der Waals surface area contributed by atoms with Crippen molar-refractivity contribution >= 4 is 40.1 Å². The minimum Gasteiger partial charge on any atom is -0.320 e. The molecule has 0 fully saturated rings. The SMILES string of the molecule is CCc1c(Br)c(C(F)(F)P(=O)(O)O)c(CC)c2cc(C(C)=O)ccc12. The largest absolute Gasteiger partial charge is 0.399 e. The molecular weight excluding hydrogens is 417 g/mol. The molecule has 0 saturated heterocycles. The Hall–Kier alpha value is -1.14. The van der Waals surface area contributed by atoms with E-state index in [4.69, 9.17) is 0 Å². The lowest BCUT2D eigenvalue weighted by molar-refractivity contribution is 0.0549. The second-order valence-corrected chi connectivity index (χ2v) is 8.20. The molecule has 2 aromatic rings. The van der Waals surface area contributed by atoms with E-state index in [2.05, 4.69) is 15.9 Å². The van der Waals surface area contributed by atoms with Gasteiger partial charge < -0.3 is 9.79 Å². The fourth-order valence-electron chi connectivity index (χ4n) is 2.98. The van der Waals surface area contributed by atoms with Gasteiger partial charge in [-0.25, -0.2) is 0 Å². The normalized spacial score (nSPS) is 12.6. The maximum absolute atomic E-state index is 14.6. The molecule has 0 aliphatic heterocycles. The zero-order chi connectivity index (χ0) is 19.2. The number of ketones is 1. The third kappa shape index (κ3) is 3.31. The minimum atomic E-state index is -5.73. The molecule has 0 spiro atoms. The number of hydrogen-bond acceptors (Lipinski definition) is 2. The van der Waals surface area contributed by atoms with Crippen molar-refractivity contribution in [1.29, 1.82) is 0 Å². The van der Waals surface area contributed by atoms with Crippen molar-refractivity contribution in [1.82, 2.24) is 0 Å². The number of fused-ring (bicyclic) bond motifs is 1. The molecule has 0 saturated carbocycles. The Morgan fingerprint density at radius 3 is 2.16 bits per heavy atom. The topological polar surface area (TPSA) is 74.6 Å². The number of benzene rings is 2. The summed E-state index contributed by atoms with van der Waals surface area (Å²) in [6, 6.07) is 4.83. The molecule has 0 atom stereocenters. The number of carbonyl (C=O) groups is 1.